The van der Waals surface area contributed by atoms with Crippen LogP contribution in [0.1, 0.15) is 16.1 Å². The largest absolute Gasteiger partial charge is 0.360 e. The fraction of sp³-hybridized carbons (Fsp3) is 0.0500. The maximum atomic E-state index is 12.6. The number of benzene rings is 2. The number of aromatic nitrogens is 3. The van der Waals surface area contributed by atoms with Crippen molar-refractivity contribution in [1.29, 1.82) is 0 Å². The predicted molar refractivity (Wildman–Crippen MR) is 104 cm³/mol. The summed E-state index contributed by atoms with van der Waals surface area (Å²) >= 11 is 0. The average molecular weight is 360 g/mol. The van der Waals surface area contributed by atoms with Crippen LogP contribution in [-0.4, -0.2) is 20.7 Å². The van der Waals surface area contributed by atoms with Crippen molar-refractivity contribution < 1.29 is 4.79 Å². The Balaban J connectivity index is 1.67. The van der Waals surface area contributed by atoms with Crippen LogP contribution in [-0.2, 0) is 0 Å². The van der Waals surface area contributed by atoms with Gasteiger partial charge in [-0.05, 0) is 37.3 Å². The van der Waals surface area contributed by atoms with Gasteiger partial charge in [-0.25, -0.2) is 4.68 Å². The zero-order chi connectivity index (χ0) is 19.0. The van der Waals surface area contributed by atoms with E-state index >= 15 is 0 Å². The standard InChI is InChI=1S/C20H16N4O3/c1-12-9-18(25)24(23-12)14-6-4-5-13(10-14)22-20(27)16-11-21-17-8-3-2-7-15(17)19(16)26/h2-11,23H,1H3,(H,21,26)(H,22,27). The summed E-state index contributed by atoms with van der Waals surface area (Å²) in [6.07, 6.45) is 1.41. The first-order chi connectivity index (χ1) is 13.0. The van der Waals surface area contributed by atoms with E-state index in [1.807, 2.05) is 6.07 Å². The van der Waals surface area contributed by atoms with Crippen molar-refractivity contribution in [2.75, 3.05) is 5.32 Å². The first-order valence-corrected chi connectivity index (χ1v) is 8.34. The van der Waals surface area contributed by atoms with Gasteiger partial charge in [0.1, 0.15) is 5.56 Å². The zero-order valence-electron chi connectivity index (χ0n) is 14.4. The number of aryl methyl sites for hydroxylation is 1. The number of hydrogen-bond donors (Lipinski definition) is 3. The van der Waals surface area contributed by atoms with Gasteiger partial charge in [0.25, 0.3) is 11.5 Å². The summed E-state index contributed by atoms with van der Waals surface area (Å²) < 4.78 is 1.38. The summed E-state index contributed by atoms with van der Waals surface area (Å²) in [5.74, 6) is -0.519. The number of anilines is 1. The molecule has 0 aliphatic carbocycles. The van der Waals surface area contributed by atoms with Gasteiger partial charge in [0, 0.05) is 34.5 Å². The Bertz CT molecular complexity index is 1280. The number of carbonyl (C=O) groups is 1. The maximum Gasteiger partial charge on any atom is 0.271 e. The second kappa shape index (κ2) is 6.45. The SMILES string of the molecule is Cc1cc(=O)n(-c2cccc(NC(=O)c3c[nH]c4ccccc4c3=O)c2)[nH]1. The van der Waals surface area contributed by atoms with Crippen LogP contribution >= 0.6 is 0 Å². The van der Waals surface area contributed by atoms with Gasteiger partial charge in [-0.15, -0.1) is 0 Å². The molecule has 0 unspecified atom stereocenters. The van der Waals surface area contributed by atoms with Crippen molar-refractivity contribution in [3.63, 3.8) is 0 Å². The van der Waals surface area contributed by atoms with E-state index < -0.39 is 5.91 Å². The van der Waals surface area contributed by atoms with Crippen LogP contribution in [0.25, 0.3) is 16.6 Å². The summed E-state index contributed by atoms with van der Waals surface area (Å²) in [6.45, 7) is 1.79. The minimum Gasteiger partial charge on any atom is -0.360 e. The third-order valence-electron chi connectivity index (χ3n) is 4.24. The van der Waals surface area contributed by atoms with Crippen molar-refractivity contribution in [3.05, 3.63) is 92.6 Å². The number of nitrogens with one attached hydrogen (secondary N) is 3. The van der Waals surface area contributed by atoms with Crippen LogP contribution in [0.3, 0.4) is 0 Å². The Hall–Kier alpha value is -3.87. The Labute approximate surface area is 153 Å². The summed E-state index contributed by atoms with van der Waals surface area (Å²) in [6, 6.07) is 15.3. The molecule has 0 aliphatic rings. The van der Waals surface area contributed by atoms with Crippen molar-refractivity contribution in [2.45, 2.75) is 6.92 Å². The molecule has 3 N–H and O–H groups in total. The molecule has 2 heterocycles. The van der Waals surface area contributed by atoms with E-state index in [-0.39, 0.29) is 16.6 Å². The summed E-state index contributed by atoms with van der Waals surface area (Å²) in [4.78, 5) is 40.1. The van der Waals surface area contributed by atoms with Crippen molar-refractivity contribution in [2.24, 2.45) is 0 Å². The lowest BCUT2D eigenvalue weighted by Crippen LogP contribution is -2.22. The lowest BCUT2D eigenvalue weighted by atomic mass is 10.1. The molecule has 0 bridgehead atoms. The number of pyridine rings is 1. The highest BCUT2D eigenvalue weighted by Crippen LogP contribution is 2.14. The molecule has 0 aliphatic heterocycles. The quantitative estimate of drug-likeness (QED) is 0.523. The number of H-pyrrole nitrogens is 2. The van der Waals surface area contributed by atoms with Crippen LogP contribution in [0.15, 0.2) is 70.4 Å². The summed E-state index contributed by atoms with van der Waals surface area (Å²) in [7, 11) is 0. The van der Waals surface area contributed by atoms with E-state index in [0.717, 1.165) is 5.69 Å². The monoisotopic (exact) mass is 360 g/mol. The third kappa shape index (κ3) is 3.06. The van der Waals surface area contributed by atoms with Crippen LogP contribution in [0.5, 0.6) is 0 Å². The molecule has 134 valence electrons. The van der Waals surface area contributed by atoms with Crippen LogP contribution in [0, 0.1) is 6.92 Å². The van der Waals surface area contributed by atoms with Gasteiger partial charge >= 0.3 is 0 Å². The van der Waals surface area contributed by atoms with Gasteiger partial charge in [0.05, 0.1) is 5.69 Å². The molecule has 4 aromatic rings. The Morgan fingerprint density at radius 2 is 1.85 bits per heavy atom. The molecule has 0 radical (unpaired) electrons. The molecule has 0 atom stereocenters. The summed E-state index contributed by atoms with van der Waals surface area (Å²) in [5.41, 5.74) is 1.95. The minimum atomic E-state index is -0.519. The highest BCUT2D eigenvalue weighted by Gasteiger charge is 2.13. The number of aromatic amines is 2. The van der Waals surface area contributed by atoms with E-state index in [9.17, 15) is 14.4 Å². The van der Waals surface area contributed by atoms with E-state index in [4.69, 9.17) is 0 Å². The lowest BCUT2D eigenvalue weighted by Gasteiger charge is -2.08. The van der Waals surface area contributed by atoms with Crippen molar-refractivity contribution >= 4 is 22.5 Å². The smallest absolute Gasteiger partial charge is 0.271 e. The number of para-hydroxylation sites is 1. The van der Waals surface area contributed by atoms with Crippen molar-refractivity contribution in [3.8, 4) is 5.69 Å². The van der Waals surface area contributed by atoms with E-state index in [1.54, 1.807) is 49.4 Å². The molecule has 7 nitrogen and oxygen atoms in total. The molecular weight excluding hydrogens is 344 g/mol. The molecule has 4 rings (SSSR count). The Morgan fingerprint density at radius 1 is 1.04 bits per heavy atom. The maximum absolute atomic E-state index is 12.6. The number of nitrogens with zero attached hydrogens (tertiary/aromatic N) is 1. The van der Waals surface area contributed by atoms with Gasteiger partial charge in [0.15, 0.2) is 0 Å². The molecule has 0 fully saturated rings. The average Bonchev–Trinajstić information content (AvgIpc) is 3.00. The van der Waals surface area contributed by atoms with Crippen molar-refractivity contribution in [1.82, 2.24) is 14.8 Å². The van der Waals surface area contributed by atoms with E-state index in [2.05, 4.69) is 15.4 Å². The molecule has 0 spiro atoms. The predicted octanol–water partition coefficient (Wildman–Crippen LogP) is 2.57. The molecule has 27 heavy (non-hydrogen) atoms. The first kappa shape index (κ1) is 16.6. The fourth-order valence-electron chi connectivity index (χ4n) is 2.96. The van der Waals surface area contributed by atoms with Gasteiger partial charge < -0.3 is 10.3 Å². The summed E-state index contributed by atoms with van der Waals surface area (Å²) in [5, 5.41) is 6.10. The minimum absolute atomic E-state index is 0.0204. The zero-order valence-corrected chi connectivity index (χ0v) is 14.4. The van der Waals surface area contributed by atoms with Crippen LogP contribution in [0.2, 0.25) is 0 Å². The molecule has 0 saturated heterocycles. The molecule has 2 aromatic carbocycles. The lowest BCUT2D eigenvalue weighted by molar-refractivity contribution is 0.102. The number of amides is 1. The van der Waals surface area contributed by atoms with Gasteiger partial charge in [0.2, 0.25) is 5.43 Å². The fourth-order valence-corrected chi connectivity index (χ4v) is 2.96. The highest BCUT2D eigenvalue weighted by atomic mass is 16.2. The second-order valence-electron chi connectivity index (χ2n) is 6.19. The molecule has 0 saturated carbocycles. The highest BCUT2D eigenvalue weighted by molar-refractivity contribution is 6.05. The molecular formula is C20H16N4O3. The van der Waals surface area contributed by atoms with Crippen LogP contribution < -0.4 is 16.3 Å². The van der Waals surface area contributed by atoms with E-state index in [1.165, 1.54) is 16.9 Å². The first-order valence-electron chi connectivity index (χ1n) is 8.34. The number of rotatable bonds is 3. The Kier molecular flexibility index (Phi) is 3.97. The molecule has 1 amide bonds. The van der Waals surface area contributed by atoms with Gasteiger partial charge in [-0.3, -0.25) is 19.5 Å². The number of hydrogen-bond acceptors (Lipinski definition) is 3. The Morgan fingerprint density at radius 3 is 2.63 bits per heavy atom. The molecule has 7 heteroatoms. The second-order valence-corrected chi connectivity index (χ2v) is 6.19. The topological polar surface area (TPSA) is 99.8 Å². The number of carbonyl (C=O) groups excluding carboxylic acids is 1. The van der Waals surface area contributed by atoms with E-state index in [0.29, 0.717) is 22.3 Å². The third-order valence-corrected chi connectivity index (χ3v) is 4.24. The van der Waals surface area contributed by atoms with Gasteiger partial charge in [-0.2, -0.15) is 0 Å². The van der Waals surface area contributed by atoms with Crippen LogP contribution in [0.4, 0.5) is 5.69 Å². The normalized spacial score (nSPS) is 10.9. The number of fused-ring (bicyclic) bond motifs is 1. The van der Waals surface area contributed by atoms with Gasteiger partial charge in [-0.1, -0.05) is 18.2 Å². The molecule has 2 aromatic heterocycles.